The van der Waals surface area contributed by atoms with Crippen LogP contribution in [-0.2, 0) is 0 Å². The van der Waals surface area contributed by atoms with Crippen LogP contribution in [0, 0.1) is 13.8 Å². The number of hydrogen-bond donors (Lipinski definition) is 2. The van der Waals surface area contributed by atoms with Gasteiger partial charge in [-0.15, -0.1) is 0 Å². The first-order valence-corrected chi connectivity index (χ1v) is 8.27. The molecule has 0 unspecified atom stereocenters. The van der Waals surface area contributed by atoms with Gasteiger partial charge in [0.05, 0.1) is 11.9 Å². The lowest BCUT2D eigenvalue weighted by atomic mass is 10.1. The quantitative estimate of drug-likeness (QED) is 0.909. The third-order valence-corrected chi connectivity index (χ3v) is 4.30. The van der Waals surface area contributed by atoms with Crippen LogP contribution in [0.2, 0.25) is 0 Å². The van der Waals surface area contributed by atoms with E-state index in [0.717, 1.165) is 24.5 Å². The molecule has 24 heavy (non-hydrogen) atoms. The minimum absolute atomic E-state index is 0.127. The first-order valence-electron chi connectivity index (χ1n) is 8.27. The Morgan fingerprint density at radius 3 is 2.58 bits per heavy atom. The van der Waals surface area contributed by atoms with Crippen LogP contribution in [0.4, 0.5) is 11.5 Å². The van der Waals surface area contributed by atoms with E-state index in [4.69, 9.17) is 0 Å². The SMILES string of the molecule is Cc1cc(C)c(C(=O)Nc2ccc(N3CCCCC3)cn2)c(=O)[nH]1. The molecule has 6 nitrogen and oxygen atoms in total. The van der Waals surface area contributed by atoms with Crippen LogP contribution in [0.15, 0.2) is 29.2 Å². The zero-order valence-corrected chi connectivity index (χ0v) is 14.1. The highest BCUT2D eigenvalue weighted by Crippen LogP contribution is 2.20. The summed E-state index contributed by atoms with van der Waals surface area (Å²) in [6.07, 6.45) is 5.46. The molecule has 1 fully saturated rings. The molecule has 1 amide bonds. The third-order valence-electron chi connectivity index (χ3n) is 4.30. The van der Waals surface area contributed by atoms with Crippen molar-refractivity contribution in [3.63, 3.8) is 0 Å². The average molecular weight is 326 g/mol. The van der Waals surface area contributed by atoms with Gasteiger partial charge in [0.1, 0.15) is 11.4 Å². The number of carbonyl (C=O) groups excluding carboxylic acids is 1. The van der Waals surface area contributed by atoms with Gasteiger partial charge in [0, 0.05) is 18.8 Å². The van der Waals surface area contributed by atoms with Gasteiger partial charge in [0.2, 0.25) is 0 Å². The molecule has 2 aromatic rings. The van der Waals surface area contributed by atoms with Gasteiger partial charge in [-0.1, -0.05) is 0 Å². The van der Waals surface area contributed by atoms with Crippen molar-refractivity contribution >= 4 is 17.4 Å². The number of H-pyrrole nitrogens is 1. The number of aryl methyl sites for hydroxylation is 2. The Bertz CT molecular complexity index is 790. The molecule has 3 heterocycles. The van der Waals surface area contributed by atoms with Crippen molar-refractivity contribution in [3.05, 3.63) is 51.6 Å². The summed E-state index contributed by atoms with van der Waals surface area (Å²) in [5.74, 6) is 0.00658. The van der Waals surface area contributed by atoms with Crippen LogP contribution in [0.5, 0.6) is 0 Å². The lowest BCUT2D eigenvalue weighted by Gasteiger charge is -2.28. The fourth-order valence-electron chi connectivity index (χ4n) is 3.11. The van der Waals surface area contributed by atoms with Crippen molar-refractivity contribution in [3.8, 4) is 0 Å². The monoisotopic (exact) mass is 326 g/mol. The number of nitrogens with zero attached hydrogens (tertiary/aromatic N) is 2. The average Bonchev–Trinajstić information content (AvgIpc) is 2.55. The molecule has 126 valence electrons. The van der Waals surface area contributed by atoms with Crippen LogP contribution in [0.3, 0.4) is 0 Å². The van der Waals surface area contributed by atoms with E-state index in [-0.39, 0.29) is 11.1 Å². The van der Waals surface area contributed by atoms with Crippen molar-refractivity contribution in [2.24, 2.45) is 0 Å². The molecular formula is C18H22N4O2. The van der Waals surface area contributed by atoms with Gasteiger partial charge >= 0.3 is 0 Å². The molecule has 0 aromatic carbocycles. The number of carbonyl (C=O) groups is 1. The Labute approximate surface area is 140 Å². The van der Waals surface area contributed by atoms with Crippen molar-refractivity contribution in [2.45, 2.75) is 33.1 Å². The smallest absolute Gasteiger partial charge is 0.262 e. The lowest BCUT2D eigenvalue weighted by molar-refractivity contribution is 0.102. The Morgan fingerprint density at radius 1 is 1.21 bits per heavy atom. The molecule has 0 atom stereocenters. The van der Waals surface area contributed by atoms with Gasteiger partial charge in [-0.05, 0) is 56.9 Å². The molecule has 0 radical (unpaired) electrons. The van der Waals surface area contributed by atoms with Gasteiger partial charge in [0.15, 0.2) is 0 Å². The molecule has 2 N–H and O–H groups in total. The van der Waals surface area contributed by atoms with Crippen LogP contribution in [-0.4, -0.2) is 29.0 Å². The maximum Gasteiger partial charge on any atom is 0.262 e. The highest BCUT2D eigenvalue weighted by Gasteiger charge is 2.16. The number of rotatable bonds is 3. The predicted octanol–water partition coefficient (Wildman–Crippen LogP) is 2.63. The Morgan fingerprint density at radius 2 is 1.96 bits per heavy atom. The minimum atomic E-state index is -0.438. The standard InChI is InChI=1S/C18H22N4O2/c1-12-10-13(2)20-17(23)16(12)18(24)21-15-7-6-14(11-19-15)22-8-4-3-5-9-22/h6-7,10-11H,3-5,8-9H2,1-2H3,(H,20,23)(H,19,21,24). The summed E-state index contributed by atoms with van der Waals surface area (Å²) < 4.78 is 0. The van der Waals surface area contributed by atoms with E-state index in [1.54, 1.807) is 32.2 Å². The Kier molecular flexibility index (Phi) is 4.64. The first kappa shape index (κ1) is 16.2. The summed E-state index contributed by atoms with van der Waals surface area (Å²) >= 11 is 0. The summed E-state index contributed by atoms with van der Waals surface area (Å²) in [5.41, 5.74) is 2.20. The summed E-state index contributed by atoms with van der Waals surface area (Å²) in [7, 11) is 0. The van der Waals surface area contributed by atoms with E-state index in [9.17, 15) is 9.59 Å². The molecular weight excluding hydrogens is 304 g/mol. The third kappa shape index (κ3) is 3.48. The van der Waals surface area contributed by atoms with Gasteiger partial charge in [-0.25, -0.2) is 4.98 Å². The second-order valence-corrected chi connectivity index (χ2v) is 6.24. The van der Waals surface area contributed by atoms with E-state index < -0.39 is 5.91 Å². The van der Waals surface area contributed by atoms with Gasteiger partial charge in [0.25, 0.3) is 11.5 Å². The minimum Gasteiger partial charge on any atom is -0.370 e. The van der Waals surface area contributed by atoms with E-state index >= 15 is 0 Å². The van der Waals surface area contributed by atoms with Gasteiger partial charge in [-0.3, -0.25) is 9.59 Å². The number of anilines is 2. The number of amides is 1. The number of nitrogens with one attached hydrogen (secondary N) is 2. The number of aromatic nitrogens is 2. The largest absolute Gasteiger partial charge is 0.370 e. The maximum absolute atomic E-state index is 12.4. The number of hydrogen-bond acceptors (Lipinski definition) is 4. The Hall–Kier alpha value is -2.63. The van der Waals surface area contributed by atoms with E-state index in [2.05, 4.69) is 20.2 Å². The van der Waals surface area contributed by atoms with E-state index in [1.807, 2.05) is 6.07 Å². The van der Waals surface area contributed by atoms with Crippen molar-refractivity contribution in [1.29, 1.82) is 0 Å². The number of aromatic amines is 1. The molecule has 0 bridgehead atoms. The van der Waals surface area contributed by atoms with E-state index in [0.29, 0.717) is 11.4 Å². The number of piperidine rings is 1. The van der Waals surface area contributed by atoms with Crippen molar-refractivity contribution in [2.75, 3.05) is 23.3 Å². The van der Waals surface area contributed by atoms with Crippen molar-refractivity contribution in [1.82, 2.24) is 9.97 Å². The molecule has 2 aromatic heterocycles. The summed E-state index contributed by atoms with van der Waals surface area (Å²) in [5, 5.41) is 2.70. The van der Waals surface area contributed by atoms with Crippen LogP contribution < -0.4 is 15.8 Å². The predicted molar refractivity (Wildman–Crippen MR) is 94.8 cm³/mol. The van der Waals surface area contributed by atoms with Crippen LogP contribution in [0.25, 0.3) is 0 Å². The van der Waals surface area contributed by atoms with Gasteiger partial charge < -0.3 is 15.2 Å². The lowest BCUT2D eigenvalue weighted by Crippen LogP contribution is -2.29. The number of pyridine rings is 2. The zero-order valence-electron chi connectivity index (χ0n) is 14.1. The maximum atomic E-state index is 12.4. The molecule has 1 aliphatic heterocycles. The highest BCUT2D eigenvalue weighted by atomic mass is 16.2. The molecule has 3 rings (SSSR count). The zero-order chi connectivity index (χ0) is 17.1. The van der Waals surface area contributed by atoms with Crippen LogP contribution >= 0.6 is 0 Å². The fourth-order valence-corrected chi connectivity index (χ4v) is 3.11. The van der Waals surface area contributed by atoms with Crippen molar-refractivity contribution < 1.29 is 4.79 Å². The molecule has 0 aliphatic carbocycles. The summed E-state index contributed by atoms with van der Waals surface area (Å²) in [4.78, 5) is 33.6. The molecule has 6 heteroatoms. The van der Waals surface area contributed by atoms with Gasteiger partial charge in [-0.2, -0.15) is 0 Å². The molecule has 0 spiro atoms. The molecule has 1 aliphatic rings. The summed E-state index contributed by atoms with van der Waals surface area (Å²) in [6.45, 7) is 5.64. The second kappa shape index (κ2) is 6.86. The summed E-state index contributed by atoms with van der Waals surface area (Å²) in [6, 6.07) is 5.52. The highest BCUT2D eigenvalue weighted by molar-refractivity contribution is 6.04. The normalized spacial score (nSPS) is 14.5. The second-order valence-electron chi connectivity index (χ2n) is 6.24. The molecule has 0 saturated carbocycles. The van der Waals surface area contributed by atoms with Crippen LogP contribution in [0.1, 0.15) is 40.9 Å². The fraction of sp³-hybridized carbons (Fsp3) is 0.389. The Balaban J connectivity index is 1.74. The first-order chi connectivity index (χ1) is 11.5. The van der Waals surface area contributed by atoms with E-state index in [1.165, 1.54) is 19.3 Å². The molecule has 1 saturated heterocycles. The topological polar surface area (TPSA) is 78.1 Å².